The SMILES string of the molecule is COc1ccc(Cn2nnnc2[C@@H](c2cc3cc(OC)ccc3[nH]c2=O)N2CCC[C@H](C)C2)cc1. The van der Waals surface area contributed by atoms with Crippen LogP contribution in [-0.4, -0.2) is 57.4 Å². The van der Waals surface area contributed by atoms with Crippen molar-refractivity contribution < 1.29 is 9.47 Å². The molecule has 4 aromatic rings. The number of likely N-dealkylation sites (tertiary alicyclic amines) is 1. The Balaban J connectivity index is 1.59. The van der Waals surface area contributed by atoms with Gasteiger partial charge in [-0.3, -0.25) is 9.69 Å². The number of pyridine rings is 1. The molecule has 9 heteroatoms. The monoisotopic (exact) mass is 474 g/mol. The van der Waals surface area contributed by atoms with Crippen molar-refractivity contribution in [2.75, 3.05) is 27.3 Å². The molecule has 0 amide bonds. The lowest BCUT2D eigenvalue weighted by Crippen LogP contribution is -2.41. The Hall–Kier alpha value is -3.72. The van der Waals surface area contributed by atoms with Gasteiger partial charge in [-0.25, -0.2) is 4.68 Å². The first kappa shape index (κ1) is 23.0. The van der Waals surface area contributed by atoms with E-state index in [-0.39, 0.29) is 11.6 Å². The van der Waals surface area contributed by atoms with E-state index < -0.39 is 0 Å². The fourth-order valence-corrected chi connectivity index (χ4v) is 4.91. The van der Waals surface area contributed by atoms with Crippen LogP contribution >= 0.6 is 0 Å². The average molecular weight is 475 g/mol. The lowest BCUT2D eigenvalue weighted by atomic mass is 9.95. The van der Waals surface area contributed by atoms with Crippen LogP contribution in [0.1, 0.15) is 42.8 Å². The van der Waals surface area contributed by atoms with E-state index in [2.05, 4.69) is 32.3 Å². The number of hydrogen-bond donors (Lipinski definition) is 1. The third kappa shape index (κ3) is 4.77. The Labute approximate surface area is 203 Å². The van der Waals surface area contributed by atoms with Crippen LogP contribution in [0.25, 0.3) is 10.9 Å². The van der Waals surface area contributed by atoms with Gasteiger partial charge in [0, 0.05) is 23.0 Å². The van der Waals surface area contributed by atoms with Crippen molar-refractivity contribution >= 4 is 10.9 Å². The summed E-state index contributed by atoms with van der Waals surface area (Å²) in [5.74, 6) is 2.71. The zero-order valence-corrected chi connectivity index (χ0v) is 20.3. The third-order valence-corrected chi connectivity index (χ3v) is 6.72. The Morgan fingerprint density at radius 2 is 1.86 bits per heavy atom. The molecule has 1 N–H and O–H groups in total. The molecule has 2 aromatic carbocycles. The van der Waals surface area contributed by atoms with Gasteiger partial charge >= 0.3 is 0 Å². The summed E-state index contributed by atoms with van der Waals surface area (Å²) < 4.78 is 12.5. The number of fused-ring (bicyclic) bond motifs is 1. The number of ether oxygens (including phenoxy) is 2. The third-order valence-electron chi connectivity index (χ3n) is 6.72. The van der Waals surface area contributed by atoms with E-state index >= 15 is 0 Å². The molecule has 9 nitrogen and oxygen atoms in total. The van der Waals surface area contributed by atoms with Crippen LogP contribution in [0.5, 0.6) is 11.5 Å². The highest BCUT2D eigenvalue weighted by atomic mass is 16.5. The highest BCUT2D eigenvalue weighted by Gasteiger charge is 2.32. The first-order valence-electron chi connectivity index (χ1n) is 11.9. The predicted molar refractivity (Wildman–Crippen MR) is 133 cm³/mol. The van der Waals surface area contributed by atoms with Gasteiger partial charge in [-0.2, -0.15) is 0 Å². The number of nitrogens with one attached hydrogen (secondary N) is 1. The summed E-state index contributed by atoms with van der Waals surface area (Å²) in [5.41, 5.74) is 2.31. The lowest BCUT2D eigenvalue weighted by molar-refractivity contribution is 0.141. The molecule has 5 rings (SSSR count). The molecular formula is C26H30N6O3. The average Bonchev–Trinajstić information content (AvgIpc) is 3.32. The molecule has 2 atom stereocenters. The van der Waals surface area contributed by atoms with Gasteiger partial charge in [0.25, 0.3) is 5.56 Å². The molecule has 1 aliphatic heterocycles. The Morgan fingerprint density at radius 3 is 2.60 bits per heavy atom. The van der Waals surface area contributed by atoms with Crippen LogP contribution in [0, 0.1) is 5.92 Å². The predicted octanol–water partition coefficient (Wildman–Crippen LogP) is 3.40. The largest absolute Gasteiger partial charge is 0.497 e. The van der Waals surface area contributed by atoms with Gasteiger partial charge in [-0.1, -0.05) is 19.1 Å². The van der Waals surface area contributed by atoms with Crippen molar-refractivity contribution in [3.63, 3.8) is 0 Å². The topological polar surface area (TPSA) is 98.2 Å². The number of tetrazole rings is 1. The number of piperidine rings is 1. The molecule has 0 bridgehead atoms. The van der Waals surface area contributed by atoms with Gasteiger partial charge in [0.15, 0.2) is 5.82 Å². The number of aromatic nitrogens is 5. The summed E-state index contributed by atoms with van der Waals surface area (Å²) in [6.07, 6.45) is 2.24. The first-order chi connectivity index (χ1) is 17.1. The molecule has 1 saturated heterocycles. The van der Waals surface area contributed by atoms with Crippen molar-refractivity contribution in [3.8, 4) is 11.5 Å². The van der Waals surface area contributed by atoms with E-state index in [0.29, 0.717) is 23.9 Å². The van der Waals surface area contributed by atoms with E-state index in [1.807, 2.05) is 48.5 Å². The number of nitrogens with zero attached hydrogens (tertiary/aromatic N) is 5. The maximum atomic E-state index is 13.4. The van der Waals surface area contributed by atoms with Crippen LogP contribution in [-0.2, 0) is 6.54 Å². The van der Waals surface area contributed by atoms with E-state index in [4.69, 9.17) is 9.47 Å². The quantitative estimate of drug-likeness (QED) is 0.438. The Kier molecular flexibility index (Phi) is 6.50. The summed E-state index contributed by atoms with van der Waals surface area (Å²) in [6.45, 7) is 4.49. The van der Waals surface area contributed by atoms with Gasteiger partial charge in [0.1, 0.15) is 17.5 Å². The standard InChI is InChI=1S/C26H30N6O3/c1-17-5-4-12-31(15-17)24(22-14-19-13-21(35-3)10-11-23(19)27-26(22)33)25-28-29-30-32(25)16-18-6-8-20(34-2)9-7-18/h6-11,13-14,17,24H,4-5,12,15-16H2,1-3H3,(H,27,33)/t17-,24+/m0/s1. The number of methoxy groups -OCH3 is 2. The highest BCUT2D eigenvalue weighted by molar-refractivity contribution is 5.80. The molecule has 0 aliphatic carbocycles. The summed E-state index contributed by atoms with van der Waals surface area (Å²) in [7, 11) is 3.29. The number of rotatable bonds is 7. The summed E-state index contributed by atoms with van der Waals surface area (Å²) in [5, 5.41) is 13.7. The lowest BCUT2D eigenvalue weighted by Gasteiger charge is -2.36. The van der Waals surface area contributed by atoms with E-state index in [1.54, 1.807) is 18.9 Å². The number of benzene rings is 2. The zero-order chi connectivity index (χ0) is 24.4. The van der Waals surface area contributed by atoms with E-state index in [1.165, 1.54) is 6.42 Å². The molecule has 2 aromatic heterocycles. The van der Waals surface area contributed by atoms with Crippen LogP contribution in [0.4, 0.5) is 0 Å². The van der Waals surface area contributed by atoms with Gasteiger partial charge in [0.05, 0.1) is 20.8 Å². The molecule has 1 fully saturated rings. The molecule has 0 unspecified atom stereocenters. The minimum atomic E-state index is -0.370. The number of aromatic amines is 1. The normalized spacial score (nSPS) is 17.4. The molecule has 3 heterocycles. The highest BCUT2D eigenvalue weighted by Crippen LogP contribution is 2.31. The van der Waals surface area contributed by atoms with Crippen molar-refractivity contribution in [1.82, 2.24) is 30.1 Å². The molecule has 35 heavy (non-hydrogen) atoms. The molecule has 0 saturated carbocycles. The second kappa shape index (κ2) is 9.87. The van der Waals surface area contributed by atoms with Crippen molar-refractivity contribution in [2.24, 2.45) is 5.92 Å². The van der Waals surface area contributed by atoms with Crippen molar-refractivity contribution in [2.45, 2.75) is 32.4 Å². The Morgan fingerprint density at radius 1 is 1.09 bits per heavy atom. The minimum Gasteiger partial charge on any atom is -0.497 e. The van der Waals surface area contributed by atoms with E-state index in [0.717, 1.165) is 47.5 Å². The summed E-state index contributed by atoms with van der Waals surface area (Å²) in [4.78, 5) is 18.8. The Bertz CT molecular complexity index is 1360. The number of H-pyrrole nitrogens is 1. The van der Waals surface area contributed by atoms with Gasteiger partial charge < -0.3 is 14.5 Å². The van der Waals surface area contributed by atoms with Gasteiger partial charge in [-0.05, 0) is 77.7 Å². The second-order valence-corrected chi connectivity index (χ2v) is 9.19. The van der Waals surface area contributed by atoms with Crippen LogP contribution in [0.3, 0.4) is 0 Å². The molecule has 1 aliphatic rings. The maximum Gasteiger partial charge on any atom is 0.253 e. The molecule has 0 spiro atoms. The van der Waals surface area contributed by atoms with Gasteiger partial charge in [0.2, 0.25) is 0 Å². The van der Waals surface area contributed by atoms with Crippen molar-refractivity contribution in [1.29, 1.82) is 0 Å². The van der Waals surface area contributed by atoms with Gasteiger partial charge in [-0.15, -0.1) is 5.10 Å². The minimum absolute atomic E-state index is 0.134. The second-order valence-electron chi connectivity index (χ2n) is 9.19. The summed E-state index contributed by atoms with van der Waals surface area (Å²) in [6, 6.07) is 15.1. The van der Waals surface area contributed by atoms with Crippen molar-refractivity contribution in [3.05, 3.63) is 75.8 Å². The molecular weight excluding hydrogens is 444 g/mol. The molecule has 182 valence electrons. The fraction of sp³-hybridized carbons (Fsp3) is 0.385. The van der Waals surface area contributed by atoms with Crippen LogP contribution < -0.4 is 15.0 Å². The number of hydrogen-bond acceptors (Lipinski definition) is 7. The zero-order valence-electron chi connectivity index (χ0n) is 20.3. The molecule has 0 radical (unpaired) electrons. The van der Waals surface area contributed by atoms with E-state index in [9.17, 15) is 4.79 Å². The maximum absolute atomic E-state index is 13.4. The summed E-state index contributed by atoms with van der Waals surface area (Å²) >= 11 is 0. The first-order valence-corrected chi connectivity index (χ1v) is 11.9. The smallest absolute Gasteiger partial charge is 0.253 e. The van der Waals surface area contributed by atoms with Crippen LogP contribution in [0.15, 0.2) is 53.3 Å². The van der Waals surface area contributed by atoms with Crippen LogP contribution in [0.2, 0.25) is 0 Å². The fourth-order valence-electron chi connectivity index (χ4n) is 4.91.